The van der Waals surface area contributed by atoms with E-state index in [-0.39, 0.29) is 9.52 Å². The Morgan fingerprint density at radius 3 is 2.55 bits per heavy atom. The molecule has 0 aliphatic carbocycles. The minimum Gasteiger partial charge on any atom is -0.127 e. The van der Waals surface area contributed by atoms with Crippen LogP contribution in [0, 0.1) is 0 Å². The van der Waals surface area contributed by atoms with Gasteiger partial charge in [-0.15, -0.1) is 11.6 Å². The van der Waals surface area contributed by atoms with Crippen LogP contribution in [-0.4, -0.2) is 15.4 Å². The van der Waals surface area contributed by atoms with Crippen molar-refractivity contribution in [1.82, 2.24) is 0 Å². The van der Waals surface area contributed by atoms with Crippen molar-refractivity contribution in [2.75, 3.05) is 5.88 Å². The molecule has 0 amide bonds. The number of benzene rings is 1. The van der Waals surface area contributed by atoms with Gasteiger partial charge in [0.25, 0.3) is 0 Å². The van der Waals surface area contributed by atoms with Crippen LogP contribution < -0.4 is 5.19 Å². The lowest BCUT2D eigenvalue weighted by Crippen LogP contribution is -2.12. The zero-order valence-electron chi connectivity index (χ0n) is 6.59. The molecular weight excluding hydrogens is 172 g/mol. The zero-order chi connectivity index (χ0) is 7.94. The molecule has 0 heterocycles. The van der Waals surface area contributed by atoms with E-state index in [0.717, 1.165) is 5.88 Å². The van der Waals surface area contributed by atoms with Crippen molar-refractivity contribution >= 4 is 26.3 Å². The van der Waals surface area contributed by atoms with Gasteiger partial charge < -0.3 is 0 Å². The average Bonchev–Trinajstić information content (AvgIpc) is 2.07. The van der Waals surface area contributed by atoms with Crippen LogP contribution >= 0.6 is 11.6 Å². The molecule has 0 N–H and O–H groups in total. The molecule has 0 spiro atoms. The van der Waals surface area contributed by atoms with Gasteiger partial charge in [-0.25, -0.2) is 0 Å². The lowest BCUT2D eigenvalue weighted by atomic mass is 10.4. The summed E-state index contributed by atoms with van der Waals surface area (Å²) in [6.07, 6.45) is 1.18. The van der Waals surface area contributed by atoms with E-state index in [1.807, 2.05) is 0 Å². The second-order valence-corrected chi connectivity index (χ2v) is 5.03. The smallest absolute Gasteiger partial charge is 0.0548 e. The van der Waals surface area contributed by atoms with E-state index in [2.05, 4.69) is 30.3 Å². The fourth-order valence-corrected chi connectivity index (χ4v) is 3.09. The van der Waals surface area contributed by atoms with Gasteiger partial charge in [-0.3, -0.25) is 0 Å². The van der Waals surface area contributed by atoms with Gasteiger partial charge in [0.1, 0.15) is 0 Å². The molecule has 1 rings (SSSR count). The van der Waals surface area contributed by atoms with Crippen molar-refractivity contribution in [3.63, 3.8) is 0 Å². The normalized spacial score (nSPS) is 11.0. The zero-order valence-corrected chi connectivity index (χ0v) is 8.76. The molecule has 0 fully saturated rings. The van der Waals surface area contributed by atoms with Gasteiger partial charge in [-0.2, -0.15) is 0 Å². The maximum atomic E-state index is 5.59. The molecule has 2 heteroatoms. The van der Waals surface area contributed by atoms with Crippen LogP contribution in [-0.2, 0) is 0 Å². The van der Waals surface area contributed by atoms with Gasteiger partial charge in [0, 0.05) is 5.88 Å². The summed E-state index contributed by atoms with van der Waals surface area (Å²) in [4.78, 5) is 0. The number of rotatable bonds is 4. The Morgan fingerprint density at radius 2 is 1.91 bits per heavy atom. The topological polar surface area (TPSA) is 0 Å². The van der Waals surface area contributed by atoms with Crippen LogP contribution in [0.25, 0.3) is 0 Å². The van der Waals surface area contributed by atoms with Crippen LogP contribution in [0.3, 0.4) is 0 Å². The molecule has 0 aromatic heterocycles. The van der Waals surface area contributed by atoms with Crippen molar-refractivity contribution in [3.05, 3.63) is 30.3 Å². The molecule has 11 heavy (non-hydrogen) atoms. The Morgan fingerprint density at radius 1 is 1.18 bits per heavy atom. The van der Waals surface area contributed by atoms with E-state index in [0.29, 0.717) is 0 Å². The van der Waals surface area contributed by atoms with Crippen molar-refractivity contribution in [1.29, 1.82) is 0 Å². The highest BCUT2D eigenvalue weighted by Gasteiger charge is 1.90. The first-order valence-electron chi connectivity index (χ1n) is 4.03. The SMILES string of the molecule is ClCCC[SiH2]c1ccccc1. The maximum absolute atomic E-state index is 5.59. The highest BCUT2D eigenvalue weighted by atomic mass is 35.5. The summed E-state index contributed by atoms with van der Waals surface area (Å²) >= 11 is 5.59. The van der Waals surface area contributed by atoms with E-state index in [1.54, 1.807) is 5.19 Å². The summed E-state index contributed by atoms with van der Waals surface area (Å²) in [6.45, 7) is 0. The molecule has 0 aliphatic heterocycles. The molecule has 0 bridgehead atoms. The predicted octanol–water partition coefficient (Wildman–Crippen LogP) is 1.53. The molecule has 0 saturated carbocycles. The van der Waals surface area contributed by atoms with Gasteiger partial charge in [0.05, 0.1) is 9.52 Å². The molecule has 1 aromatic carbocycles. The fraction of sp³-hybridized carbons (Fsp3) is 0.333. The first-order valence-corrected chi connectivity index (χ1v) is 6.27. The second kappa shape index (κ2) is 5.39. The van der Waals surface area contributed by atoms with E-state index < -0.39 is 0 Å². The summed E-state index contributed by atoms with van der Waals surface area (Å²) in [5.74, 6) is 0.819. The van der Waals surface area contributed by atoms with Crippen LogP contribution in [0.5, 0.6) is 0 Å². The third-order valence-electron chi connectivity index (χ3n) is 1.69. The van der Waals surface area contributed by atoms with Crippen molar-refractivity contribution in [3.8, 4) is 0 Å². The third kappa shape index (κ3) is 3.59. The third-order valence-corrected chi connectivity index (χ3v) is 3.86. The average molecular weight is 185 g/mol. The van der Waals surface area contributed by atoms with Gasteiger partial charge in [0.15, 0.2) is 0 Å². The van der Waals surface area contributed by atoms with Gasteiger partial charge in [0.2, 0.25) is 0 Å². The summed E-state index contributed by atoms with van der Waals surface area (Å²) in [5, 5.41) is 1.55. The molecule has 0 saturated heterocycles. The standard InChI is InChI=1S/C9H13ClSi/c10-7-4-8-11-9-5-2-1-3-6-9/h1-3,5-6H,4,7-8,11H2. The van der Waals surface area contributed by atoms with Crippen molar-refractivity contribution in [2.24, 2.45) is 0 Å². The number of halogens is 1. The Hall–Kier alpha value is -0.273. The van der Waals surface area contributed by atoms with E-state index >= 15 is 0 Å². The molecule has 0 nitrogen and oxygen atoms in total. The number of hydrogen-bond donors (Lipinski definition) is 0. The van der Waals surface area contributed by atoms with E-state index in [4.69, 9.17) is 11.6 Å². The van der Waals surface area contributed by atoms with Crippen LogP contribution in [0.4, 0.5) is 0 Å². The first-order chi connectivity index (χ1) is 5.43. The highest BCUT2D eigenvalue weighted by Crippen LogP contribution is 1.91. The lowest BCUT2D eigenvalue weighted by molar-refractivity contribution is 1.09. The molecule has 0 atom stereocenters. The Labute approximate surface area is 75.4 Å². The Kier molecular flexibility index (Phi) is 4.32. The van der Waals surface area contributed by atoms with Gasteiger partial charge in [-0.1, -0.05) is 41.6 Å². The highest BCUT2D eigenvalue weighted by molar-refractivity contribution is 6.53. The first kappa shape index (κ1) is 8.82. The largest absolute Gasteiger partial charge is 0.127 e. The molecule has 0 unspecified atom stereocenters. The van der Waals surface area contributed by atoms with Crippen LogP contribution in [0.1, 0.15) is 6.42 Å². The summed E-state index contributed by atoms with van der Waals surface area (Å²) in [7, 11) is -0.00685. The summed E-state index contributed by atoms with van der Waals surface area (Å²) in [5.41, 5.74) is 0. The van der Waals surface area contributed by atoms with Gasteiger partial charge >= 0.3 is 0 Å². The Bertz CT molecular complexity index is 186. The van der Waals surface area contributed by atoms with Gasteiger partial charge in [-0.05, 0) is 6.42 Å². The van der Waals surface area contributed by atoms with Crippen LogP contribution in [0.2, 0.25) is 6.04 Å². The van der Waals surface area contributed by atoms with E-state index in [9.17, 15) is 0 Å². The lowest BCUT2D eigenvalue weighted by Gasteiger charge is -1.96. The number of alkyl halides is 1. The maximum Gasteiger partial charge on any atom is 0.0548 e. The van der Waals surface area contributed by atoms with Crippen LogP contribution in [0.15, 0.2) is 30.3 Å². The summed E-state index contributed by atoms with van der Waals surface area (Å²) < 4.78 is 0. The minimum atomic E-state index is -0.00685. The predicted molar refractivity (Wildman–Crippen MR) is 54.8 cm³/mol. The molecular formula is C9H13ClSi. The quantitative estimate of drug-likeness (QED) is 0.378. The molecule has 0 aliphatic rings. The molecule has 60 valence electrons. The minimum absolute atomic E-state index is 0.00685. The van der Waals surface area contributed by atoms with Crippen molar-refractivity contribution < 1.29 is 0 Å². The molecule has 1 aromatic rings. The van der Waals surface area contributed by atoms with Crippen molar-refractivity contribution in [2.45, 2.75) is 12.5 Å². The Balaban J connectivity index is 2.28. The number of hydrogen-bond acceptors (Lipinski definition) is 0. The van der Waals surface area contributed by atoms with E-state index in [1.165, 1.54) is 12.5 Å². The summed E-state index contributed by atoms with van der Waals surface area (Å²) in [6, 6.07) is 12.1. The fourth-order valence-electron chi connectivity index (χ4n) is 1.07. The second-order valence-electron chi connectivity index (χ2n) is 2.63. The molecule has 0 radical (unpaired) electrons. The monoisotopic (exact) mass is 184 g/mol.